The molecule has 0 radical (unpaired) electrons. The molecule has 0 amide bonds. The summed E-state index contributed by atoms with van der Waals surface area (Å²) in [4.78, 5) is 7.64. The van der Waals surface area contributed by atoms with Gasteiger partial charge in [0.15, 0.2) is 11.5 Å². The first-order valence-electron chi connectivity index (χ1n) is 6.79. The van der Waals surface area contributed by atoms with Gasteiger partial charge in [-0.05, 0) is 37.3 Å². The van der Waals surface area contributed by atoms with Gasteiger partial charge < -0.3 is 5.73 Å². The number of anilines is 1. The molecule has 9 heteroatoms. The number of hydrogen-bond acceptors (Lipinski definition) is 4. The molecule has 0 aliphatic carbocycles. The van der Waals surface area contributed by atoms with E-state index in [-0.39, 0.29) is 17.5 Å². The van der Waals surface area contributed by atoms with Crippen molar-refractivity contribution < 1.29 is 17.6 Å². The fourth-order valence-corrected chi connectivity index (χ4v) is 2.20. The number of aromatic nitrogens is 4. The Hall–Kier alpha value is -2.97. The van der Waals surface area contributed by atoms with Crippen LogP contribution in [0.15, 0.2) is 36.4 Å². The molecule has 3 aromatic rings. The molecule has 0 bridgehead atoms. The van der Waals surface area contributed by atoms with Crippen LogP contribution in [0.1, 0.15) is 11.4 Å². The molecule has 0 fully saturated rings. The first-order valence-corrected chi connectivity index (χ1v) is 6.79. The Morgan fingerprint density at radius 1 is 1.04 bits per heavy atom. The van der Waals surface area contributed by atoms with Gasteiger partial charge in [0.1, 0.15) is 5.82 Å². The molecule has 0 atom stereocenters. The molecule has 0 aliphatic heterocycles. The van der Waals surface area contributed by atoms with Crippen molar-refractivity contribution in [1.29, 1.82) is 0 Å². The summed E-state index contributed by atoms with van der Waals surface area (Å²) < 4.78 is 53.6. The van der Waals surface area contributed by atoms with Crippen LogP contribution in [-0.2, 0) is 6.18 Å². The van der Waals surface area contributed by atoms with Gasteiger partial charge >= 0.3 is 6.18 Å². The van der Waals surface area contributed by atoms with E-state index >= 15 is 0 Å². The second kappa shape index (κ2) is 5.59. The maximum atomic E-state index is 13.3. The second-order valence-electron chi connectivity index (χ2n) is 5.06. The third-order valence-electron chi connectivity index (χ3n) is 3.21. The van der Waals surface area contributed by atoms with E-state index in [0.717, 1.165) is 18.2 Å². The maximum Gasteiger partial charge on any atom is 0.433 e. The smallest absolute Gasteiger partial charge is 0.368 e. The third kappa shape index (κ3) is 3.05. The molecular weight excluding hydrogens is 326 g/mol. The van der Waals surface area contributed by atoms with Crippen molar-refractivity contribution in [2.75, 3.05) is 5.73 Å². The van der Waals surface area contributed by atoms with Crippen molar-refractivity contribution in [2.45, 2.75) is 13.1 Å². The summed E-state index contributed by atoms with van der Waals surface area (Å²) in [5, 5.41) is 3.96. The molecule has 0 unspecified atom stereocenters. The van der Waals surface area contributed by atoms with E-state index in [1.54, 1.807) is 6.92 Å². The summed E-state index contributed by atoms with van der Waals surface area (Å²) in [7, 11) is 0. The van der Waals surface area contributed by atoms with Crippen LogP contribution in [0.2, 0.25) is 0 Å². The van der Waals surface area contributed by atoms with Gasteiger partial charge in [0.2, 0.25) is 5.95 Å². The molecule has 2 N–H and O–H groups in total. The Bertz CT molecular complexity index is 864. The lowest BCUT2D eigenvalue weighted by molar-refractivity contribution is -0.142. The van der Waals surface area contributed by atoms with Crippen molar-refractivity contribution >= 4 is 5.95 Å². The van der Waals surface area contributed by atoms with Crippen LogP contribution in [0.3, 0.4) is 0 Å². The van der Waals surface area contributed by atoms with Gasteiger partial charge in [-0.25, -0.2) is 14.1 Å². The molecule has 2 heterocycles. The number of nitrogens with zero attached hydrogens (tertiary/aromatic N) is 4. The Balaban J connectivity index is 2.19. The number of nitrogens with two attached hydrogens (primary N) is 1. The predicted octanol–water partition coefficient (Wildman–Crippen LogP) is 3.38. The molecule has 3 rings (SSSR count). The van der Waals surface area contributed by atoms with E-state index in [9.17, 15) is 17.6 Å². The van der Waals surface area contributed by atoms with Crippen LogP contribution in [0.25, 0.3) is 17.1 Å². The summed E-state index contributed by atoms with van der Waals surface area (Å²) in [5.74, 6) is -0.744. The summed E-state index contributed by atoms with van der Waals surface area (Å²) in [5.41, 5.74) is 5.28. The summed E-state index contributed by atoms with van der Waals surface area (Å²) in [6.07, 6.45) is -4.65. The average Bonchev–Trinajstić information content (AvgIpc) is 2.92. The summed E-state index contributed by atoms with van der Waals surface area (Å²) in [6.45, 7) is 1.58. The van der Waals surface area contributed by atoms with E-state index < -0.39 is 17.7 Å². The van der Waals surface area contributed by atoms with Gasteiger partial charge in [-0.1, -0.05) is 0 Å². The van der Waals surface area contributed by atoms with Crippen molar-refractivity contribution in [3.05, 3.63) is 53.6 Å². The van der Waals surface area contributed by atoms with Crippen molar-refractivity contribution in [3.8, 4) is 17.1 Å². The average molecular weight is 337 g/mol. The Morgan fingerprint density at radius 2 is 1.71 bits per heavy atom. The van der Waals surface area contributed by atoms with Gasteiger partial charge in [-0.15, -0.1) is 0 Å². The lowest BCUT2D eigenvalue weighted by Gasteiger charge is -2.10. The number of hydrogen-bond donors (Lipinski definition) is 1. The standard InChI is InChI=1S/C15H11F4N5/c1-8-6-13(22-14(20)21-8)24-12(15(17,18)19)7-11(23-24)9-2-4-10(16)5-3-9/h2-7H,1H3,(H2,20,21,22). The number of halogens is 4. The zero-order valence-corrected chi connectivity index (χ0v) is 12.3. The van der Waals surface area contributed by atoms with Crippen LogP contribution >= 0.6 is 0 Å². The second-order valence-corrected chi connectivity index (χ2v) is 5.06. The molecule has 24 heavy (non-hydrogen) atoms. The number of nitrogen functional groups attached to an aromatic ring is 1. The molecule has 5 nitrogen and oxygen atoms in total. The monoisotopic (exact) mass is 337 g/mol. The molecule has 0 saturated carbocycles. The molecular formula is C15H11F4N5. The van der Waals surface area contributed by atoms with Crippen LogP contribution in [0.4, 0.5) is 23.5 Å². The topological polar surface area (TPSA) is 69.6 Å². The summed E-state index contributed by atoms with van der Waals surface area (Å²) >= 11 is 0. The van der Waals surface area contributed by atoms with Gasteiger partial charge in [-0.2, -0.15) is 23.3 Å². The number of rotatable bonds is 2. The number of alkyl halides is 3. The molecule has 1 aromatic carbocycles. The van der Waals surface area contributed by atoms with Crippen molar-refractivity contribution in [1.82, 2.24) is 19.7 Å². The number of benzene rings is 1. The predicted molar refractivity (Wildman–Crippen MR) is 78.7 cm³/mol. The van der Waals surface area contributed by atoms with E-state index in [0.29, 0.717) is 15.9 Å². The van der Waals surface area contributed by atoms with Gasteiger partial charge in [0.25, 0.3) is 0 Å². The Kier molecular flexibility index (Phi) is 3.70. The minimum atomic E-state index is -4.65. The minimum absolute atomic E-state index is 0.0390. The minimum Gasteiger partial charge on any atom is -0.368 e. The quantitative estimate of drug-likeness (QED) is 0.728. The maximum absolute atomic E-state index is 13.3. The van der Waals surface area contributed by atoms with Gasteiger partial charge in [-0.3, -0.25) is 0 Å². The highest BCUT2D eigenvalue weighted by atomic mass is 19.4. The Labute approximate surface area is 133 Å². The normalized spacial score (nSPS) is 11.7. The summed E-state index contributed by atoms with van der Waals surface area (Å²) in [6, 6.07) is 7.21. The van der Waals surface area contributed by atoms with Crippen LogP contribution in [0.5, 0.6) is 0 Å². The highest BCUT2D eigenvalue weighted by Crippen LogP contribution is 2.33. The fraction of sp³-hybridized carbons (Fsp3) is 0.133. The van der Waals surface area contributed by atoms with E-state index in [1.165, 1.54) is 18.2 Å². The first kappa shape index (κ1) is 15.9. The molecule has 124 valence electrons. The lowest BCUT2D eigenvalue weighted by Crippen LogP contribution is -2.15. The number of aryl methyl sites for hydroxylation is 1. The third-order valence-corrected chi connectivity index (χ3v) is 3.21. The molecule has 0 aliphatic rings. The zero-order chi connectivity index (χ0) is 17.5. The van der Waals surface area contributed by atoms with Crippen molar-refractivity contribution in [2.24, 2.45) is 0 Å². The molecule has 0 saturated heterocycles. The van der Waals surface area contributed by atoms with Crippen LogP contribution in [0, 0.1) is 12.7 Å². The SMILES string of the molecule is Cc1cc(-n2nc(-c3ccc(F)cc3)cc2C(F)(F)F)nc(N)n1. The lowest BCUT2D eigenvalue weighted by atomic mass is 10.1. The highest BCUT2D eigenvalue weighted by molar-refractivity contribution is 5.60. The zero-order valence-electron chi connectivity index (χ0n) is 12.3. The van der Waals surface area contributed by atoms with E-state index in [2.05, 4.69) is 15.1 Å². The van der Waals surface area contributed by atoms with E-state index in [4.69, 9.17) is 5.73 Å². The van der Waals surface area contributed by atoms with Gasteiger partial charge in [0, 0.05) is 17.3 Å². The highest BCUT2D eigenvalue weighted by Gasteiger charge is 2.37. The largest absolute Gasteiger partial charge is 0.433 e. The molecule has 2 aromatic heterocycles. The van der Waals surface area contributed by atoms with Crippen molar-refractivity contribution in [3.63, 3.8) is 0 Å². The van der Waals surface area contributed by atoms with Crippen LogP contribution in [-0.4, -0.2) is 19.7 Å². The van der Waals surface area contributed by atoms with Gasteiger partial charge in [0.05, 0.1) is 5.69 Å². The fourth-order valence-electron chi connectivity index (χ4n) is 2.20. The first-order chi connectivity index (χ1) is 11.2. The van der Waals surface area contributed by atoms with Crippen LogP contribution < -0.4 is 5.73 Å². The van der Waals surface area contributed by atoms with E-state index in [1.807, 2.05) is 0 Å². The molecule has 0 spiro atoms. The Morgan fingerprint density at radius 3 is 2.29 bits per heavy atom.